The van der Waals surface area contributed by atoms with Crippen molar-refractivity contribution in [3.8, 4) is 0 Å². The van der Waals surface area contributed by atoms with Crippen molar-refractivity contribution in [1.82, 2.24) is 10.2 Å². The molecule has 1 rings (SSSR count). The number of carbonyl (C=O) groups excluding carboxylic acids is 2. The van der Waals surface area contributed by atoms with Crippen LogP contribution in [0.25, 0.3) is 0 Å². The monoisotopic (exact) mass is 256 g/mol. The maximum absolute atomic E-state index is 11.2. The van der Waals surface area contributed by atoms with Crippen LogP contribution in [0, 0.1) is 0 Å². The lowest BCUT2D eigenvalue weighted by Crippen LogP contribution is -2.34. The molecule has 18 heavy (non-hydrogen) atoms. The molecular weight excluding hydrogens is 236 g/mol. The zero-order chi connectivity index (χ0) is 14.0. The minimum absolute atomic E-state index is 0.0980. The molecule has 1 aliphatic rings. The lowest BCUT2D eigenvalue weighted by Gasteiger charge is -2.14. The van der Waals surface area contributed by atoms with E-state index in [4.69, 9.17) is 9.90 Å². The third kappa shape index (κ3) is 8.32. The molecule has 102 valence electrons. The van der Waals surface area contributed by atoms with Gasteiger partial charge < -0.3 is 15.3 Å². The van der Waals surface area contributed by atoms with E-state index in [1.54, 1.807) is 17.9 Å². The second kappa shape index (κ2) is 9.21. The molecule has 1 saturated heterocycles. The molecule has 6 heteroatoms. The van der Waals surface area contributed by atoms with E-state index < -0.39 is 5.97 Å². The first-order chi connectivity index (χ1) is 8.47. The number of aliphatic carboxylic acids is 1. The van der Waals surface area contributed by atoms with Crippen molar-refractivity contribution >= 4 is 17.8 Å². The second-order valence-corrected chi connectivity index (χ2v) is 3.79. The Bertz CT molecular complexity index is 322. The van der Waals surface area contributed by atoms with E-state index in [0.29, 0.717) is 19.5 Å². The lowest BCUT2D eigenvalue weighted by atomic mass is 10.4. The van der Waals surface area contributed by atoms with Crippen molar-refractivity contribution in [2.24, 2.45) is 0 Å². The largest absolute Gasteiger partial charge is 0.481 e. The minimum Gasteiger partial charge on any atom is -0.481 e. The van der Waals surface area contributed by atoms with Gasteiger partial charge in [0.1, 0.15) is 0 Å². The molecule has 1 fully saturated rings. The van der Waals surface area contributed by atoms with Crippen molar-refractivity contribution in [3.05, 3.63) is 12.2 Å². The quantitative estimate of drug-likeness (QED) is 0.712. The topological polar surface area (TPSA) is 86.7 Å². The highest BCUT2D eigenvalue weighted by Gasteiger charge is 2.18. The van der Waals surface area contributed by atoms with E-state index >= 15 is 0 Å². The van der Waals surface area contributed by atoms with Gasteiger partial charge in [-0.1, -0.05) is 6.08 Å². The summed E-state index contributed by atoms with van der Waals surface area (Å²) < 4.78 is 0. The summed E-state index contributed by atoms with van der Waals surface area (Å²) in [5, 5.41) is 10.1. The Morgan fingerprint density at radius 2 is 2.11 bits per heavy atom. The number of likely N-dealkylation sites (tertiary alicyclic amines) is 1. The normalized spacial score (nSPS) is 14.3. The Morgan fingerprint density at radius 1 is 1.50 bits per heavy atom. The van der Waals surface area contributed by atoms with Crippen LogP contribution in [0.1, 0.15) is 26.7 Å². The zero-order valence-electron chi connectivity index (χ0n) is 10.8. The highest BCUT2D eigenvalue weighted by molar-refractivity contribution is 5.87. The number of amides is 2. The van der Waals surface area contributed by atoms with Crippen LogP contribution in [-0.4, -0.2) is 47.4 Å². The molecule has 2 amide bonds. The second-order valence-electron chi connectivity index (χ2n) is 3.79. The number of allylic oxidation sites excluding steroid dienone is 1. The number of carboxylic acid groups (broad SMARTS) is 1. The molecule has 0 aromatic heterocycles. The number of hydrogen-bond acceptors (Lipinski definition) is 3. The molecule has 6 nitrogen and oxygen atoms in total. The van der Waals surface area contributed by atoms with Gasteiger partial charge in [0.15, 0.2) is 0 Å². The number of carboxylic acids is 1. The fraction of sp³-hybridized carbons (Fsp3) is 0.583. The standard InChI is InChI=1S/C10H16N2O2.C2H4O2/c1-2-4-9(13)11-6-8-12-7-3-5-10(12)14;1-2(3)4/h2,4H,3,5-8H2,1H3,(H,11,13);1H3,(H,3,4)/b4-2-;. The molecule has 0 aliphatic carbocycles. The van der Waals surface area contributed by atoms with Gasteiger partial charge in [-0.2, -0.15) is 0 Å². The van der Waals surface area contributed by atoms with Crippen molar-refractivity contribution in [2.45, 2.75) is 26.7 Å². The van der Waals surface area contributed by atoms with Crippen LogP contribution in [0.15, 0.2) is 12.2 Å². The third-order valence-electron chi connectivity index (χ3n) is 2.17. The van der Waals surface area contributed by atoms with Crippen LogP contribution >= 0.6 is 0 Å². The average molecular weight is 256 g/mol. The molecule has 0 atom stereocenters. The van der Waals surface area contributed by atoms with Crippen LogP contribution in [0.2, 0.25) is 0 Å². The first-order valence-corrected chi connectivity index (χ1v) is 5.85. The maximum atomic E-state index is 11.2. The van der Waals surface area contributed by atoms with Gasteiger partial charge in [0.05, 0.1) is 0 Å². The van der Waals surface area contributed by atoms with Gasteiger partial charge in [-0.05, 0) is 19.4 Å². The molecule has 0 bridgehead atoms. The Labute approximate surface area is 107 Å². The van der Waals surface area contributed by atoms with Crippen molar-refractivity contribution in [1.29, 1.82) is 0 Å². The fourth-order valence-electron chi connectivity index (χ4n) is 1.46. The summed E-state index contributed by atoms with van der Waals surface area (Å²) in [6, 6.07) is 0. The van der Waals surface area contributed by atoms with Gasteiger partial charge in [0.2, 0.25) is 11.8 Å². The predicted molar refractivity (Wildman–Crippen MR) is 66.9 cm³/mol. The fourth-order valence-corrected chi connectivity index (χ4v) is 1.46. The van der Waals surface area contributed by atoms with E-state index in [9.17, 15) is 9.59 Å². The summed E-state index contributed by atoms with van der Waals surface area (Å²) in [5.74, 6) is -0.732. The Hall–Kier alpha value is -1.85. The summed E-state index contributed by atoms with van der Waals surface area (Å²) >= 11 is 0. The number of nitrogens with one attached hydrogen (secondary N) is 1. The van der Waals surface area contributed by atoms with Gasteiger partial charge in [-0.15, -0.1) is 0 Å². The van der Waals surface area contributed by atoms with E-state index in [-0.39, 0.29) is 11.8 Å². The van der Waals surface area contributed by atoms with Crippen LogP contribution in [0.5, 0.6) is 0 Å². The summed E-state index contributed by atoms with van der Waals surface area (Å²) in [7, 11) is 0. The number of nitrogens with zero attached hydrogens (tertiary/aromatic N) is 1. The van der Waals surface area contributed by atoms with Crippen molar-refractivity contribution in [3.63, 3.8) is 0 Å². The summed E-state index contributed by atoms with van der Waals surface area (Å²) in [5.41, 5.74) is 0. The Balaban J connectivity index is 0.000000631. The smallest absolute Gasteiger partial charge is 0.300 e. The highest BCUT2D eigenvalue weighted by atomic mass is 16.4. The zero-order valence-corrected chi connectivity index (χ0v) is 10.8. The van der Waals surface area contributed by atoms with E-state index in [1.807, 2.05) is 0 Å². The van der Waals surface area contributed by atoms with E-state index in [0.717, 1.165) is 19.9 Å². The molecule has 2 N–H and O–H groups in total. The average Bonchev–Trinajstić information content (AvgIpc) is 2.64. The number of hydrogen-bond donors (Lipinski definition) is 2. The predicted octanol–water partition coefficient (Wildman–Crippen LogP) is 0.392. The third-order valence-corrected chi connectivity index (χ3v) is 2.17. The SMILES string of the molecule is C/C=C\C(=O)NCCN1CCCC1=O.CC(=O)O. The molecule has 0 radical (unpaired) electrons. The van der Waals surface area contributed by atoms with Crippen molar-refractivity contribution in [2.75, 3.05) is 19.6 Å². The summed E-state index contributed by atoms with van der Waals surface area (Å²) in [4.78, 5) is 33.0. The van der Waals surface area contributed by atoms with Gasteiger partial charge in [-0.25, -0.2) is 0 Å². The van der Waals surface area contributed by atoms with Crippen LogP contribution in [0.3, 0.4) is 0 Å². The van der Waals surface area contributed by atoms with Crippen LogP contribution < -0.4 is 5.32 Å². The molecule has 1 aliphatic heterocycles. The molecule has 0 saturated carbocycles. The lowest BCUT2D eigenvalue weighted by molar-refractivity contribution is -0.134. The first-order valence-electron chi connectivity index (χ1n) is 5.85. The molecule has 0 aromatic rings. The van der Waals surface area contributed by atoms with E-state index in [2.05, 4.69) is 5.32 Å². The number of carbonyl (C=O) groups is 3. The van der Waals surface area contributed by atoms with Gasteiger partial charge in [0.25, 0.3) is 5.97 Å². The molecule has 0 aromatic carbocycles. The molecule has 1 heterocycles. The minimum atomic E-state index is -0.833. The highest BCUT2D eigenvalue weighted by Crippen LogP contribution is 2.07. The van der Waals surface area contributed by atoms with Gasteiger partial charge in [-0.3, -0.25) is 14.4 Å². The molecule has 0 spiro atoms. The van der Waals surface area contributed by atoms with Gasteiger partial charge in [0, 0.05) is 33.0 Å². The Morgan fingerprint density at radius 3 is 2.56 bits per heavy atom. The van der Waals surface area contributed by atoms with Gasteiger partial charge >= 0.3 is 0 Å². The first kappa shape index (κ1) is 16.1. The van der Waals surface area contributed by atoms with Crippen LogP contribution in [0.4, 0.5) is 0 Å². The summed E-state index contributed by atoms with van der Waals surface area (Å²) in [6.07, 6.45) is 4.77. The Kier molecular flexibility index (Phi) is 8.26. The maximum Gasteiger partial charge on any atom is 0.300 e. The molecular formula is C12H20N2O4. The van der Waals surface area contributed by atoms with Crippen molar-refractivity contribution < 1.29 is 19.5 Å². The number of rotatable bonds is 4. The molecule has 0 unspecified atom stereocenters. The van der Waals surface area contributed by atoms with Crippen LogP contribution in [-0.2, 0) is 14.4 Å². The summed E-state index contributed by atoms with van der Waals surface area (Å²) in [6.45, 7) is 4.87. The van der Waals surface area contributed by atoms with E-state index in [1.165, 1.54) is 6.08 Å².